The summed E-state index contributed by atoms with van der Waals surface area (Å²) in [6.45, 7) is 0.276. The molecule has 0 radical (unpaired) electrons. The minimum Gasteiger partial charge on any atom is -0.479 e. The predicted octanol–water partition coefficient (Wildman–Crippen LogP) is 1.71. The number of carboxylic acid groups (broad SMARTS) is 1. The number of benzene rings is 1. The summed E-state index contributed by atoms with van der Waals surface area (Å²) in [5, 5.41) is 12.1. The molecule has 7 heteroatoms. The van der Waals surface area contributed by atoms with Crippen LogP contribution in [0, 0.1) is 0 Å². The molecule has 0 unspecified atom stereocenters. The Morgan fingerprint density at radius 1 is 1.17 bits per heavy atom. The van der Waals surface area contributed by atoms with Crippen molar-refractivity contribution in [2.24, 2.45) is 5.73 Å². The molecule has 7 nitrogen and oxygen atoms in total. The molecule has 1 aliphatic carbocycles. The maximum Gasteiger partial charge on any atom is 0.329 e. The van der Waals surface area contributed by atoms with Crippen molar-refractivity contribution in [2.75, 3.05) is 7.05 Å². The van der Waals surface area contributed by atoms with E-state index >= 15 is 0 Å². The number of nitrogens with one attached hydrogen (secondary N) is 1. The Hall–Kier alpha value is -2.57. The molecule has 0 spiro atoms. The van der Waals surface area contributed by atoms with Crippen LogP contribution in [0.1, 0.15) is 48.0 Å². The van der Waals surface area contributed by atoms with E-state index in [0.29, 0.717) is 18.4 Å². The average Bonchev–Trinajstić information content (AvgIpc) is 2.59. The van der Waals surface area contributed by atoms with Crippen molar-refractivity contribution < 1.29 is 19.5 Å². The highest BCUT2D eigenvalue weighted by atomic mass is 16.4. The lowest BCUT2D eigenvalue weighted by atomic mass is 9.80. The Labute approximate surface area is 140 Å². The lowest BCUT2D eigenvalue weighted by molar-refractivity contribution is -0.151. The summed E-state index contributed by atoms with van der Waals surface area (Å²) >= 11 is 0. The molecule has 0 saturated heterocycles. The third kappa shape index (κ3) is 3.67. The van der Waals surface area contributed by atoms with Crippen LogP contribution in [-0.2, 0) is 11.3 Å². The van der Waals surface area contributed by atoms with Gasteiger partial charge in [-0.2, -0.15) is 0 Å². The maximum absolute atomic E-state index is 12.7. The molecule has 2 rings (SSSR count). The van der Waals surface area contributed by atoms with Crippen molar-refractivity contribution in [1.29, 1.82) is 0 Å². The number of hydrogen-bond donors (Lipinski definition) is 3. The van der Waals surface area contributed by atoms with E-state index in [1.54, 1.807) is 31.3 Å². The van der Waals surface area contributed by atoms with Crippen LogP contribution in [0.5, 0.6) is 0 Å². The molecule has 0 heterocycles. The number of carbonyl (C=O) groups is 3. The second-order valence-corrected chi connectivity index (χ2v) is 6.18. The molecule has 3 amide bonds. The number of likely N-dealkylation sites (N-methyl/N-ethyl adjacent to an activating group) is 1. The van der Waals surface area contributed by atoms with E-state index < -0.39 is 17.5 Å². The van der Waals surface area contributed by atoms with Crippen molar-refractivity contribution in [3.63, 3.8) is 0 Å². The fourth-order valence-corrected chi connectivity index (χ4v) is 3.17. The number of rotatable bonds is 5. The predicted molar refractivity (Wildman–Crippen MR) is 88.4 cm³/mol. The van der Waals surface area contributed by atoms with E-state index in [-0.39, 0.29) is 12.5 Å². The van der Waals surface area contributed by atoms with Crippen LogP contribution in [0.2, 0.25) is 0 Å². The minimum absolute atomic E-state index is 0.276. The first-order chi connectivity index (χ1) is 11.4. The van der Waals surface area contributed by atoms with Gasteiger partial charge in [0, 0.05) is 19.2 Å². The molecule has 1 fully saturated rings. The number of nitrogens with zero attached hydrogens (tertiary/aromatic N) is 1. The van der Waals surface area contributed by atoms with Gasteiger partial charge in [-0.1, -0.05) is 31.4 Å². The molecule has 0 atom stereocenters. The van der Waals surface area contributed by atoms with E-state index in [4.69, 9.17) is 5.73 Å². The second-order valence-electron chi connectivity index (χ2n) is 6.18. The molecular formula is C17H23N3O4. The molecule has 4 N–H and O–H groups in total. The molecule has 0 bridgehead atoms. The van der Waals surface area contributed by atoms with E-state index in [1.807, 2.05) is 0 Å². The molecule has 0 aliphatic heterocycles. The Morgan fingerprint density at radius 3 is 2.25 bits per heavy atom. The largest absolute Gasteiger partial charge is 0.479 e. The zero-order chi connectivity index (χ0) is 17.7. The first-order valence-corrected chi connectivity index (χ1v) is 8.00. The summed E-state index contributed by atoms with van der Waals surface area (Å²) in [5.41, 5.74) is 5.12. The van der Waals surface area contributed by atoms with Crippen molar-refractivity contribution in [1.82, 2.24) is 10.2 Å². The molecule has 130 valence electrons. The molecular weight excluding hydrogens is 310 g/mol. The van der Waals surface area contributed by atoms with Crippen LogP contribution in [0.25, 0.3) is 0 Å². The summed E-state index contributed by atoms with van der Waals surface area (Å²) in [5.74, 6) is -1.26. The fraction of sp³-hybridized carbons (Fsp3) is 0.471. The smallest absolute Gasteiger partial charge is 0.329 e. The van der Waals surface area contributed by atoms with E-state index in [9.17, 15) is 19.5 Å². The zero-order valence-corrected chi connectivity index (χ0v) is 13.7. The minimum atomic E-state index is -1.12. The van der Waals surface area contributed by atoms with Gasteiger partial charge in [-0.25, -0.2) is 9.59 Å². The van der Waals surface area contributed by atoms with Gasteiger partial charge in [0.05, 0.1) is 0 Å². The summed E-state index contributed by atoms with van der Waals surface area (Å²) in [6, 6.07) is 6.08. The zero-order valence-electron chi connectivity index (χ0n) is 13.7. The summed E-state index contributed by atoms with van der Waals surface area (Å²) in [6.07, 6.45) is 3.57. The molecule has 1 saturated carbocycles. The summed E-state index contributed by atoms with van der Waals surface area (Å²) in [7, 11) is 1.56. The highest BCUT2D eigenvalue weighted by Gasteiger charge is 2.45. The summed E-state index contributed by atoms with van der Waals surface area (Å²) in [4.78, 5) is 36.6. The molecule has 1 aromatic rings. The highest BCUT2D eigenvalue weighted by molar-refractivity contribution is 5.97. The monoisotopic (exact) mass is 333 g/mol. The fourth-order valence-electron chi connectivity index (χ4n) is 3.17. The van der Waals surface area contributed by atoms with Crippen LogP contribution < -0.4 is 11.1 Å². The highest BCUT2D eigenvalue weighted by Crippen LogP contribution is 2.34. The Morgan fingerprint density at radius 2 is 1.75 bits per heavy atom. The van der Waals surface area contributed by atoms with Gasteiger partial charge in [-0.05, 0) is 30.5 Å². The number of hydrogen-bond acceptors (Lipinski definition) is 3. The normalized spacial score (nSPS) is 16.2. The topological polar surface area (TPSA) is 113 Å². The van der Waals surface area contributed by atoms with Crippen LogP contribution in [0.3, 0.4) is 0 Å². The van der Waals surface area contributed by atoms with Gasteiger partial charge in [0.15, 0.2) is 0 Å². The van der Waals surface area contributed by atoms with E-state index in [1.165, 1.54) is 4.90 Å². The third-order valence-corrected chi connectivity index (χ3v) is 4.69. The average molecular weight is 333 g/mol. The Kier molecular flexibility index (Phi) is 5.43. The number of aliphatic carboxylic acids is 1. The van der Waals surface area contributed by atoms with Crippen LogP contribution in [-0.4, -0.2) is 40.5 Å². The van der Waals surface area contributed by atoms with Gasteiger partial charge in [0.2, 0.25) is 0 Å². The molecule has 0 aromatic heterocycles. The van der Waals surface area contributed by atoms with E-state index in [2.05, 4.69) is 5.32 Å². The van der Waals surface area contributed by atoms with E-state index in [0.717, 1.165) is 24.8 Å². The SMILES string of the molecule is CN(C(=O)c1ccc(CNC(N)=O)cc1)C1(C(=O)O)CCCCC1. The molecule has 1 aromatic carbocycles. The standard InChI is InChI=1S/C17H23N3O4/c1-20(17(15(22)23)9-3-2-4-10-17)14(21)13-7-5-12(6-8-13)11-19-16(18)24/h5-8H,2-4,9-11H2,1H3,(H,22,23)(H3,18,19,24). The van der Waals surface area contributed by atoms with Gasteiger partial charge in [0.1, 0.15) is 5.54 Å². The number of nitrogens with two attached hydrogens (primary N) is 1. The lowest BCUT2D eigenvalue weighted by Gasteiger charge is -2.41. The van der Waals surface area contributed by atoms with Crippen molar-refractivity contribution >= 4 is 17.9 Å². The number of carbonyl (C=O) groups excluding carboxylic acids is 2. The Bertz CT molecular complexity index is 621. The number of amides is 3. The van der Waals surface area contributed by atoms with Gasteiger partial charge in [-0.3, -0.25) is 4.79 Å². The molecule has 24 heavy (non-hydrogen) atoms. The summed E-state index contributed by atoms with van der Waals surface area (Å²) < 4.78 is 0. The Balaban J connectivity index is 2.14. The quantitative estimate of drug-likeness (QED) is 0.761. The third-order valence-electron chi connectivity index (χ3n) is 4.69. The van der Waals surface area contributed by atoms with Crippen molar-refractivity contribution in [2.45, 2.75) is 44.2 Å². The molecule has 1 aliphatic rings. The van der Waals surface area contributed by atoms with Gasteiger partial charge >= 0.3 is 12.0 Å². The number of primary amides is 1. The van der Waals surface area contributed by atoms with Crippen LogP contribution >= 0.6 is 0 Å². The number of urea groups is 1. The second kappa shape index (κ2) is 7.33. The van der Waals surface area contributed by atoms with Crippen LogP contribution in [0.4, 0.5) is 4.79 Å². The maximum atomic E-state index is 12.7. The van der Waals surface area contributed by atoms with Gasteiger partial charge in [-0.15, -0.1) is 0 Å². The van der Waals surface area contributed by atoms with Gasteiger partial charge < -0.3 is 21.1 Å². The van der Waals surface area contributed by atoms with Gasteiger partial charge in [0.25, 0.3) is 5.91 Å². The first kappa shape index (κ1) is 17.8. The van der Waals surface area contributed by atoms with Crippen molar-refractivity contribution in [3.05, 3.63) is 35.4 Å². The number of carboxylic acids is 1. The van der Waals surface area contributed by atoms with Crippen molar-refractivity contribution in [3.8, 4) is 0 Å². The van der Waals surface area contributed by atoms with Crippen LogP contribution in [0.15, 0.2) is 24.3 Å². The first-order valence-electron chi connectivity index (χ1n) is 8.00. The lowest BCUT2D eigenvalue weighted by Crippen LogP contribution is -2.56.